The lowest BCUT2D eigenvalue weighted by molar-refractivity contribution is 0.103. The second-order valence-electron chi connectivity index (χ2n) is 3.99. The first kappa shape index (κ1) is 13.3. The van der Waals surface area contributed by atoms with Crippen LogP contribution < -0.4 is 11.1 Å². The number of carbonyl (C=O) groups is 1. The number of anilines is 1. The third kappa shape index (κ3) is 3.68. The van der Waals surface area contributed by atoms with Crippen LogP contribution in [0.1, 0.15) is 20.1 Å². The summed E-state index contributed by atoms with van der Waals surface area (Å²) in [5.74, 6) is 5.57. The number of hydrogen-bond acceptors (Lipinski definition) is 3. The first-order valence-corrected chi connectivity index (χ1v) is 6.67. The minimum atomic E-state index is -0.114. The maximum atomic E-state index is 12.0. The van der Waals surface area contributed by atoms with Crippen LogP contribution in [0.3, 0.4) is 0 Å². The molecule has 0 aliphatic carbocycles. The maximum Gasteiger partial charge on any atom is 0.265 e. The van der Waals surface area contributed by atoms with Crippen LogP contribution in [-0.4, -0.2) is 12.5 Å². The zero-order valence-corrected chi connectivity index (χ0v) is 11.4. The maximum absolute atomic E-state index is 12.0. The largest absolute Gasteiger partial charge is 0.321 e. The number of amides is 1. The van der Waals surface area contributed by atoms with Gasteiger partial charge in [0.2, 0.25) is 0 Å². The van der Waals surface area contributed by atoms with E-state index in [0.717, 1.165) is 16.1 Å². The first-order chi connectivity index (χ1) is 9.19. The van der Waals surface area contributed by atoms with Gasteiger partial charge in [0.25, 0.3) is 5.91 Å². The van der Waals surface area contributed by atoms with E-state index in [9.17, 15) is 4.79 Å². The van der Waals surface area contributed by atoms with E-state index in [2.05, 4.69) is 17.2 Å². The molecular formula is C15H14N2OS. The molecule has 1 amide bonds. The fraction of sp³-hybridized carbons (Fsp3) is 0.133. The number of thiophene rings is 1. The lowest BCUT2D eigenvalue weighted by Crippen LogP contribution is -2.09. The summed E-state index contributed by atoms with van der Waals surface area (Å²) < 4.78 is 0. The monoisotopic (exact) mass is 270 g/mol. The molecule has 0 saturated heterocycles. The van der Waals surface area contributed by atoms with Gasteiger partial charge in [-0.2, -0.15) is 0 Å². The SMILES string of the molecule is Cc1cccc(NC(=O)c2ccc(C#CCN)s2)c1. The Balaban J connectivity index is 2.10. The van der Waals surface area contributed by atoms with Crippen molar-refractivity contribution in [2.24, 2.45) is 5.73 Å². The van der Waals surface area contributed by atoms with Crippen LogP contribution in [0.2, 0.25) is 0 Å². The van der Waals surface area contributed by atoms with Gasteiger partial charge in [0, 0.05) is 5.69 Å². The molecule has 0 bridgehead atoms. The molecule has 3 N–H and O–H groups in total. The zero-order chi connectivity index (χ0) is 13.7. The number of benzene rings is 1. The van der Waals surface area contributed by atoms with E-state index in [4.69, 9.17) is 5.73 Å². The van der Waals surface area contributed by atoms with Crippen molar-refractivity contribution in [2.75, 3.05) is 11.9 Å². The molecular weight excluding hydrogens is 256 g/mol. The number of rotatable bonds is 2. The molecule has 0 aliphatic rings. The van der Waals surface area contributed by atoms with Crippen LogP contribution in [0, 0.1) is 18.8 Å². The Labute approximate surface area is 116 Å². The summed E-state index contributed by atoms with van der Waals surface area (Å²) in [6.45, 7) is 2.31. The molecule has 96 valence electrons. The van der Waals surface area contributed by atoms with Crippen molar-refractivity contribution >= 4 is 22.9 Å². The first-order valence-electron chi connectivity index (χ1n) is 5.86. The standard InChI is InChI=1S/C15H14N2OS/c1-11-4-2-5-12(10-11)17-15(18)14-8-7-13(19-14)6-3-9-16/h2,4-5,7-8,10H,9,16H2,1H3,(H,17,18). The van der Waals surface area contributed by atoms with Gasteiger partial charge in [-0.05, 0) is 36.8 Å². The van der Waals surface area contributed by atoms with E-state index in [0.29, 0.717) is 11.4 Å². The molecule has 0 atom stereocenters. The molecule has 3 nitrogen and oxygen atoms in total. The van der Waals surface area contributed by atoms with Gasteiger partial charge in [-0.15, -0.1) is 11.3 Å². The fourth-order valence-corrected chi connectivity index (χ4v) is 2.36. The molecule has 0 spiro atoms. The van der Waals surface area contributed by atoms with Crippen molar-refractivity contribution in [3.05, 3.63) is 51.7 Å². The average molecular weight is 270 g/mol. The van der Waals surface area contributed by atoms with Crippen LogP contribution in [0.5, 0.6) is 0 Å². The van der Waals surface area contributed by atoms with Gasteiger partial charge in [-0.25, -0.2) is 0 Å². The predicted molar refractivity (Wildman–Crippen MR) is 79.4 cm³/mol. The summed E-state index contributed by atoms with van der Waals surface area (Å²) in [6, 6.07) is 11.3. The highest BCUT2D eigenvalue weighted by atomic mass is 32.1. The molecule has 19 heavy (non-hydrogen) atoms. The summed E-state index contributed by atoms with van der Waals surface area (Å²) >= 11 is 1.36. The van der Waals surface area contributed by atoms with E-state index in [-0.39, 0.29) is 5.91 Å². The molecule has 0 aliphatic heterocycles. The molecule has 4 heteroatoms. The van der Waals surface area contributed by atoms with E-state index in [1.807, 2.05) is 37.3 Å². The van der Waals surface area contributed by atoms with Crippen molar-refractivity contribution in [1.82, 2.24) is 0 Å². The number of aryl methyl sites for hydroxylation is 1. The minimum absolute atomic E-state index is 0.114. The van der Waals surface area contributed by atoms with Crippen molar-refractivity contribution in [1.29, 1.82) is 0 Å². The Morgan fingerprint density at radius 1 is 1.37 bits per heavy atom. The average Bonchev–Trinajstić information content (AvgIpc) is 2.85. The molecule has 1 aromatic heterocycles. The fourth-order valence-electron chi connectivity index (χ4n) is 1.58. The second-order valence-corrected chi connectivity index (χ2v) is 5.08. The van der Waals surface area contributed by atoms with Crippen LogP contribution in [-0.2, 0) is 0 Å². The second kappa shape index (κ2) is 6.19. The van der Waals surface area contributed by atoms with Crippen molar-refractivity contribution in [2.45, 2.75) is 6.92 Å². The van der Waals surface area contributed by atoms with Crippen LogP contribution in [0.25, 0.3) is 0 Å². The van der Waals surface area contributed by atoms with Gasteiger partial charge >= 0.3 is 0 Å². The van der Waals surface area contributed by atoms with E-state index >= 15 is 0 Å². The summed E-state index contributed by atoms with van der Waals surface area (Å²) in [7, 11) is 0. The summed E-state index contributed by atoms with van der Waals surface area (Å²) in [5, 5.41) is 2.87. The van der Waals surface area contributed by atoms with E-state index in [1.165, 1.54) is 11.3 Å². The Morgan fingerprint density at radius 3 is 2.95 bits per heavy atom. The van der Waals surface area contributed by atoms with Gasteiger partial charge < -0.3 is 11.1 Å². The van der Waals surface area contributed by atoms with Crippen molar-refractivity contribution in [3.8, 4) is 11.8 Å². The van der Waals surface area contributed by atoms with Crippen molar-refractivity contribution in [3.63, 3.8) is 0 Å². The lowest BCUT2D eigenvalue weighted by Gasteiger charge is -2.03. The highest BCUT2D eigenvalue weighted by Gasteiger charge is 2.08. The summed E-state index contributed by atoms with van der Waals surface area (Å²) in [4.78, 5) is 13.5. The zero-order valence-electron chi connectivity index (χ0n) is 10.6. The number of carbonyl (C=O) groups excluding carboxylic acids is 1. The molecule has 1 aromatic carbocycles. The number of nitrogens with two attached hydrogens (primary N) is 1. The highest BCUT2D eigenvalue weighted by molar-refractivity contribution is 7.14. The minimum Gasteiger partial charge on any atom is -0.321 e. The van der Waals surface area contributed by atoms with E-state index in [1.54, 1.807) is 6.07 Å². The molecule has 0 saturated carbocycles. The van der Waals surface area contributed by atoms with Gasteiger partial charge in [0.15, 0.2) is 0 Å². The van der Waals surface area contributed by atoms with Crippen LogP contribution >= 0.6 is 11.3 Å². The molecule has 0 fully saturated rings. The summed E-state index contributed by atoms with van der Waals surface area (Å²) in [6.07, 6.45) is 0. The number of hydrogen-bond donors (Lipinski definition) is 2. The van der Waals surface area contributed by atoms with Gasteiger partial charge in [0.1, 0.15) is 0 Å². The molecule has 0 unspecified atom stereocenters. The van der Waals surface area contributed by atoms with Crippen molar-refractivity contribution < 1.29 is 4.79 Å². The van der Waals surface area contributed by atoms with Gasteiger partial charge in [-0.3, -0.25) is 4.79 Å². The molecule has 2 aromatic rings. The summed E-state index contributed by atoms with van der Waals surface area (Å²) in [5.41, 5.74) is 7.22. The smallest absolute Gasteiger partial charge is 0.265 e. The number of nitrogens with one attached hydrogen (secondary N) is 1. The Morgan fingerprint density at radius 2 is 2.21 bits per heavy atom. The van der Waals surface area contributed by atoms with Gasteiger partial charge in [0.05, 0.1) is 16.3 Å². The topological polar surface area (TPSA) is 55.1 Å². The van der Waals surface area contributed by atoms with Gasteiger partial charge in [-0.1, -0.05) is 24.0 Å². The Hall–Kier alpha value is -2.09. The third-order valence-corrected chi connectivity index (χ3v) is 3.42. The molecule has 1 heterocycles. The third-order valence-electron chi connectivity index (χ3n) is 2.42. The highest BCUT2D eigenvalue weighted by Crippen LogP contribution is 2.18. The lowest BCUT2D eigenvalue weighted by atomic mass is 10.2. The van der Waals surface area contributed by atoms with Crippen LogP contribution in [0.4, 0.5) is 5.69 Å². The normalized spacial score (nSPS) is 9.58. The Bertz CT molecular complexity index is 649. The quantitative estimate of drug-likeness (QED) is 0.824. The molecule has 2 rings (SSSR count). The van der Waals surface area contributed by atoms with E-state index < -0.39 is 0 Å². The van der Waals surface area contributed by atoms with Crippen LogP contribution in [0.15, 0.2) is 36.4 Å². The molecule has 0 radical (unpaired) electrons. The predicted octanol–water partition coefficient (Wildman–Crippen LogP) is 2.62. The Kier molecular flexibility index (Phi) is 4.35.